The molecule has 0 aliphatic carbocycles. The van der Waals surface area contributed by atoms with Gasteiger partial charge in [0, 0.05) is 0 Å². The first kappa shape index (κ1) is 30.0. The normalized spacial score (nSPS) is 5.65. The van der Waals surface area contributed by atoms with Crippen LogP contribution in [0.25, 0.3) is 0 Å². The highest BCUT2D eigenvalue weighted by Gasteiger charge is 1.54. The molecule has 13 heteroatoms. The molecular weight excluding hydrogens is 415 g/mol. The first-order chi connectivity index (χ1) is 6.93. The van der Waals surface area contributed by atoms with Crippen LogP contribution >= 0.6 is 72.8 Å². The number of hydrogen-bond donors (Lipinski definition) is 8. The summed E-state index contributed by atoms with van der Waals surface area (Å²) in [5.41, 5.74) is 37.0. The van der Waals surface area contributed by atoms with Crippen molar-refractivity contribution in [1.29, 1.82) is 0 Å². The molecule has 0 aliphatic rings. The molecule has 16 N–H and O–H groups in total. The van der Waals surface area contributed by atoms with Gasteiger partial charge in [-0.2, -0.15) is 0 Å². The Morgan fingerprint density at radius 2 is 0.412 bits per heavy atom. The molecule has 8 nitrogen and oxygen atoms in total. The highest BCUT2D eigenvalue weighted by Crippen LogP contribution is 1.33. The topological polar surface area (TPSA) is 208 Å². The minimum absolute atomic E-state index is 0. The molecule has 0 fully saturated rings. The van der Waals surface area contributed by atoms with Crippen LogP contribution in [0.4, 0.5) is 0 Å². The van der Waals surface area contributed by atoms with Gasteiger partial charge in [-0.15, -0.1) is 24.0 Å². The van der Waals surface area contributed by atoms with Crippen molar-refractivity contribution < 1.29 is 0 Å². The van der Waals surface area contributed by atoms with E-state index in [1.54, 1.807) is 0 Å². The largest absolute Gasteiger partial charge is 0.377 e. The summed E-state index contributed by atoms with van der Waals surface area (Å²) in [6.45, 7) is 0. The molecule has 104 valence electrons. The lowest BCUT2D eigenvalue weighted by atomic mass is 11.3. The van der Waals surface area contributed by atoms with Crippen LogP contribution in [-0.4, -0.2) is 20.4 Å². The molecule has 17 heavy (non-hydrogen) atoms. The van der Waals surface area contributed by atoms with Crippen molar-refractivity contribution in [3.63, 3.8) is 0 Å². The highest BCUT2D eigenvalue weighted by atomic mass is 127. The lowest BCUT2D eigenvalue weighted by molar-refractivity contribution is 1.65. The third kappa shape index (κ3) is 10800. The smallest absolute Gasteiger partial charge is 0.160 e. The maximum atomic E-state index is 4.62. The number of hydrogen-bond acceptors (Lipinski definition) is 4. The maximum absolute atomic E-state index is 4.62. The molecule has 0 amide bonds. The van der Waals surface area contributed by atoms with E-state index in [9.17, 15) is 0 Å². The van der Waals surface area contributed by atoms with Crippen molar-refractivity contribution in [3.05, 3.63) is 0 Å². The summed E-state index contributed by atoms with van der Waals surface area (Å²) in [4.78, 5) is 0. The Hall–Kier alpha value is -0.510. The van der Waals surface area contributed by atoms with Crippen LogP contribution in [0.15, 0.2) is 0 Å². The molecule has 0 aliphatic heterocycles. The van der Waals surface area contributed by atoms with Crippen LogP contribution < -0.4 is 45.9 Å². The summed E-state index contributed by atoms with van der Waals surface area (Å²) < 4.78 is 0. The van der Waals surface area contributed by atoms with Gasteiger partial charge in [-0.1, -0.05) is 0 Å². The zero-order valence-corrected chi connectivity index (χ0v) is 14.3. The van der Waals surface area contributed by atoms with Gasteiger partial charge in [0.25, 0.3) is 0 Å². The number of rotatable bonds is 0. The molecular formula is C4H17IN8S4. The van der Waals surface area contributed by atoms with Gasteiger partial charge < -0.3 is 45.9 Å². The standard InChI is InChI=1S/4CH4N2S.HI/c4*2-1(3)4;/h4*(H4,2,3,4);1H. The average Bonchev–Trinajstić information content (AvgIpc) is 1.76. The van der Waals surface area contributed by atoms with Crippen molar-refractivity contribution in [1.82, 2.24) is 0 Å². The van der Waals surface area contributed by atoms with Gasteiger partial charge in [0.15, 0.2) is 20.4 Å². The molecule has 0 unspecified atom stereocenters. The van der Waals surface area contributed by atoms with E-state index in [2.05, 4.69) is 94.7 Å². The maximum Gasteiger partial charge on any atom is 0.160 e. The fourth-order valence-electron chi connectivity index (χ4n) is 0. The van der Waals surface area contributed by atoms with Crippen molar-refractivity contribution >= 4 is 93.3 Å². The van der Waals surface area contributed by atoms with Gasteiger partial charge in [-0.25, -0.2) is 0 Å². The zero-order valence-electron chi connectivity index (χ0n) is 8.66. The van der Waals surface area contributed by atoms with E-state index in [4.69, 9.17) is 0 Å². The van der Waals surface area contributed by atoms with Gasteiger partial charge in [-0.3, -0.25) is 0 Å². The predicted octanol–water partition coefficient (Wildman–Crippen LogP) is -2.63. The summed E-state index contributed by atoms with van der Waals surface area (Å²) in [5, 5.41) is 0.000000000000000888. The van der Waals surface area contributed by atoms with Crippen molar-refractivity contribution in [2.24, 2.45) is 45.9 Å². The zero-order chi connectivity index (χ0) is 14.3. The summed E-state index contributed by atoms with van der Waals surface area (Å²) >= 11 is 16.4. The Labute approximate surface area is 138 Å². The molecule has 0 saturated heterocycles. The Kier molecular flexibility index (Phi) is 43.4. The number of halogens is 1. The van der Waals surface area contributed by atoms with Crippen LogP contribution in [0.3, 0.4) is 0 Å². The molecule has 0 radical (unpaired) electrons. The number of nitrogens with two attached hydrogens (primary N) is 8. The highest BCUT2D eigenvalue weighted by molar-refractivity contribution is 14.0. The second-order valence-corrected chi connectivity index (χ2v) is 3.50. The fraction of sp³-hybridized carbons (Fsp3) is 0. The average molecular weight is 432 g/mol. The van der Waals surface area contributed by atoms with E-state index in [-0.39, 0.29) is 44.4 Å². The summed E-state index contributed by atoms with van der Waals surface area (Å²) in [6, 6.07) is 0. The Balaban J connectivity index is -0.0000000369. The van der Waals surface area contributed by atoms with E-state index < -0.39 is 0 Å². The van der Waals surface area contributed by atoms with Gasteiger partial charge in [-0.05, 0) is 48.9 Å². The first-order valence-corrected chi connectivity index (χ1v) is 4.76. The summed E-state index contributed by atoms with van der Waals surface area (Å²) in [7, 11) is 0. The first-order valence-electron chi connectivity index (χ1n) is 3.13. The molecule has 0 bridgehead atoms. The van der Waals surface area contributed by atoms with E-state index in [0.29, 0.717) is 0 Å². The van der Waals surface area contributed by atoms with Crippen LogP contribution in [0.2, 0.25) is 0 Å². The molecule has 0 rings (SSSR count). The second-order valence-electron chi connectivity index (χ2n) is 1.61. The molecule has 0 aromatic heterocycles. The monoisotopic (exact) mass is 432 g/mol. The van der Waals surface area contributed by atoms with E-state index in [1.807, 2.05) is 0 Å². The van der Waals surface area contributed by atoms with E-state index >= 15 is 0 Å². The second kappa shape index (κ2) is 24.6. The van der Waals surface area contributed by atoms with Crippen molar-refractivity contribution in [3.8, 4) is 0 Å². The molecule has 0 saturated carbocycles. The Morgan fingerprint density at radius 1 is 0.412 bits per heavy atom. The van der Waals surface area contributed by atoms with Gasteiger partial charge >= 0.3 is 0 Å². The lowest BCUT2D eigenvalue weighted by Crippen LogP contribution is -2.18. The van der Waals surface area contributed by atoms with Crippen molar-refractivity contribution in [2.45, 2.75) is 0 Å². The lowest BCUT2D eigenvalue weighted by Gasteiger charge is -1.68. The fourth-order valence-corrected chi connectivity index (χ4v) is 0. The van der Waals surface area contributed by atoms with Gasteiger partial charge in [0.05, 0.1) is 0 Å². The predicted molar refractivity (Wildman–Crippen MR) is 99.3 cm³/mol. The van der Waals surface area contributed by atoms with E-state index in [1.165, 1.54) is 0 Å². The summed E-state index contributed by atoms with van der Waals surface area (Å²) in [5.74, 6) is 0. The van der Waals surface area contributed by atoms with Crippen LogP contribution in [0, 0.1) is 0 Å². The van der Waals surface area contributed by atoms with Crippen LogP contribution in [0.5, 0.6) is 0 Å². The minimum Gasteiger partial charge on any atom is -0.377 e. The van der Waals surface area contributed by atoms with Gasteiger partial charge in [0.1, 0.15) is 0 Å². The number of thiocarbonyl (C=S) groups is 4. The third-order valence-corrected chi connectivity index (χ3v) is 0. The Morgan fingerprint density at radius 3 is 0.412 bits per heavy atom. The molecule has 0 aromatic carbocycles. The van der Waals surface area contributed by atoms with E-state index in [0.717, 1.165) is 0 Å². The quantitative estimate of drug-likeness (QED) is 0.146. The molecule has 0 heterocycles. The summed E-state index contributed by atoms with van der Waals surface area (Å²) in [6.07, 6.45) is 0. The van der Waals surface area contributed by atoms with Crippen molar-refractivity contribution in [2.75, 3.05) is 0 Å². The molecule has 0 atom stereocenters. The molecule has 0 spiro atoms. The Bertz CT molecular complexity index is 170. The van der Waals surface area contributed by atoms with Crippen LogP contribution in [0.1, 0.15) is 0 Å². The molecule has 0 aromatic rings. The third-order valence-electron chi connectivity index (χ3n) is 0. The SMILES string of the molecule is I.NC(N)=S.NC(N)=S.NC(N)=S.NC(N)=S. The van der Waals surface area contributed by atoms with Crippen LogP contribution in [-0.2, 0) is 0 Å². The van der Waals surface area contributed by atoms with Gasteiger partial charge in [0.2, 0.25) is 0 Å². The minimum atomic E-state index is 0.